The van der Waals surface area contributed by atoms with Gasteiger partial charge in [-0.25, -0.2) is 4.98 Å². The van der Waals surface area contributed by atoms with Crippen LogP contribution < -0.4 is 10.1 Å². The number of aryl methyl sites for hydroxylation is 1. The quantitative estimate of drug-likeness (QED) is 0.328. The Morgan fingerprint density at radius 3 is 2.44 bits per heavy atom. The molecule has 6 nitrogen and oxygen atoms in total. The molecule has 2 N–H and O–H groups in total. The van der Waals surface area contributed by atoms with Gasteiger partial charge < -0.3 is 19.6 Å². The van der Waals surface area contributed by atoms with Crippen molar-refractivity contribution in [1.29, 1.82) is 0 Å². The SMILES string of the molecule is Cc1oc(-c2ccccc2)nc1CCOc1cccc(CN[C@H](Cc2ccccc2)C(=O)O)c1. The van der Waals surface area contributed by atoms with E-state index in [-0.39, 0.29) is 0 Å². The standard InChI is InChI=1S/C28H28N2O4/c1-20-25(30-27(34-20)23-12-6-3-7-13-23)15-16-33-24-14-8-11-22(17-24)19-29-26(28(31)32)18-21-9-4-2-5-10-21/h2-14,17,26,29H,15-16,18-19H2,1H3,(H,31,32)/t26-/m1/s1. The number of nitrogens with zero attached hydrogens (tertiary/aromatic N) is 1. The number of rotatable bonds is 11. The molecule has 4 aromatic rings. The Bertz CT molecular complexity index is 1210. The molecule has 6 heteroatoms. The maximum Gasteiger partial charge on any atom is 0.321 e. The van der Waals surface area contributed by atoms with E-state index in [9.17, 15) is 9.90 Å². The van der Waals surface area contributed by atoms with Crippen LogP contribution in [0.1, 0.15) is 22.6 Å². The minimum Gasteiger partial charge on any atom is -0.493 e. The fraction of sp³-hybridized carbons (Fsp3) is 0.214. The van der Waals surface area contributed by atoms with Gasteiger partial charge in [-0.15, -0.1) is 0 Å². The lowest BCUT2D eigenvalue weighted by Gasteiger charge is -2.15. The van der Waals surface area contributed by atoms with Crippen molar-refractivity contribution in [3.8, 4) is 17.2 Å². The molecule has 0 aliphatic rings. The molecule has 34 heavy (non-hydrogen) atoms. The van der Waals surface area contributed by atoms with Crippen LogP contribution in [0, 0.1) is 6.92 Å². The summed E-state index contributed by atoms with van der Waals surface area (Å²) in [4.78, 5) is 16.3. The van der Waals surface area contributed by atoms with Gasteiger partial charge in [0.05, 0.1) is 12.3 Å². The minimum atomic E-state index is -0.867. The Morgan fingerprint density at radius 1 is 1.00 bits per heavy atom. The van der Waals surface area contributed by atoms with Crippen LogP contribution in [0.3, 0.4) is 0 Å². The van der Waals surface area contributed by atoms with Crippen molar-refractivity contribution in [2.24, 2.45) is 0 Å². The largest absolute Gasteiger partial charge is 0.493 e. The minimum absolute atomic E-state index is 0.425. The highest BCUT2D eigenvalue weighted by atomic mass is 16.5. The fourth-order valence-electron chi connectivity index (χ4n) is 3.71. The van der Waals surface area contributed by atoms with Gasteiger partial charge in [0.1, 0.15) is 17.6 Å². The van der Waals surface area contributed by atoms with Crippen LogP contribution in [0.15, 0.2) is 89.3 Å². The summed E-state index contributed by atoms with van der Waals surface area (Å²) in [5, 5.41) is 12.7. The summed E-state index contributed by atoms with van der Waals surface area (Å²) in [5.74, 6) is 1.27. The molecule has 0 saturated carbocycles. The zero-order valence-corrected chi connectivity index (χ0v) is 19.1. The molecule has 1 heterocycles. The Balaban J connectivity index is 1.30. The van der Waals surface area contributed by atoms with E-state index in [1.807, 2.05) is 91.9 Å². The summed E-state index contributed by atoms with van der Waals surface area (Å²) in [6.07, 6.45) is 1.05. The molecule has 0 bridgehead atoms. The van der Waals surface area contributed by atoms with E-state index in [0.717, 1.165) is 33.9 Å². The van der Waals surface area contributed by atoms with E-state index in [4.69, 9.17) is 9.15 Å². The maximum absolute atomic E-state index is 11.7. The van der Waals surface area contributed by atoms with Crippen LogP contribution in [0.4, 0.5) is 0 Å². The number of carboxylic acid groups (broad SMARTS) is 1. The van der Waals surface area contributed by atoms with Crippen molar-refractivity contribution in [3.05, 3.63) is 108 Å². The zero-order chi connectivity index (χ0) is 23.8. The number of oxazole rings is 1. The van der Waals surface area contributed by atoms with Crippen molar-refractivity contribution in [1.82, 2.24) is 10.3 Å². The molecular weight excluding hydrogens is 428 g/mol. The second-order valence-corrected chi connectivity index (χ2v) is 8.10. The molecule has 1 atom stereocenters. The van der Waals surface area contributed by atoms with Gasteiger partial charge in [0.25, 0.3) is 0 Å². The van der Waals surface area contributed by atoms with Gasteiger partial charge in [0, 0.05) is 18.5 Å². The molecule has 0 unspecified atom stereocenters. The maximum atomic E-state index is 11.7. The first-order valence-electron chi connectivity index (χ1n) is 11.3. The summed E-state index contributed by atoms with van der Waals surface area (Å²) >= 11 is 0. The van der Waals surface area contributed by atoms with E-state index in [2.05, 4.69) is 10.3 Å². The number of carbonyl (C=O) groups is 1. The number of hydrogen-bond donors (Lipinski definition) is 2. The van der Waals surface area contributed by atoms with Crippen molar-refractivity contribution in [2.75, 3.05) is 6.61 Å². The lowest BCUT2D eigenvalue weighted by atomic mass is 10.1. The Kier molecular flexibility index (Phi) is 7.73. The van der Waals surface area contributed by atoms with Gasteiger partial charge in [-0.3, -0.25) is 4.79 Å². The number of benzene rings is 3. The molecule has 0 radical (unpaired) electrons. The van der Waals surface area contributed by atoms with Gasteiger partial charge in [-0.1, -0.05) is 60.7 Å². The zero-order valence-electron chi connectivity index (χ0n) is 19.1. The molecule has 0 amide bonds. The van der Waals surface area contributed by atoms with Gasteiger partial charge in [-0.2, -0.15) is 0 Å². The van der Waals surface area contributed by atoms with E-state index in [1.165, 1.54) is 0 Å². The number of hydrogen-bond acceptors (Lipinski definition) is 5. The third kappa shape index (κ3) is 6.33. The average molecular weight is 457 g/mol. The van der Waals surface area contributed by atoms with Gasteiger partial charge in [0.15, 0.2) is 0 Å². The number of carboxylic acids is 1. The monoisotopic (exact) mass is 456 g/mol. The van der Waals surface area contributed by atoms with Crippen LogP contribution in [0.2, 0.25) is 0 Å². The molecular formula is C28H28N2O4. The fourth-order valence-corrected chi connectivity index (χ4v) is 3.71. The Labute approximate surface area is 199 Å². The van der Waals surface area contributed by atoms with Crippen LogP contribution in [0.25, 0.3) is 11.5 Å². The third-order valence-electron chi connectivity index (χ3n) is 5.55. The lowest BCUT2D eigenvalue weighted by Crippen LogP contribution is -2.38. The van der Waals surface area contributed by atoms with E-state index in [0.29, 0.717) is 31.9 Å². The van der Waals surface area contributed by atoms with Crippen LogP contribution >= 0.6 is 0 Å². The summed E-state index contributed by atoms with van der Waals surface area (Å²) in [5.41, 5.74) is 3.77. The molecule has 0 fully saturated rings. The second-order valence-electron chi connectivity index (χ2n) is 8.10. The molecule has 3 aromatic carbocycles. The Morgan fingerprint density at radius 2 is 1.71 bits per heavy atom. The predicted molar refractivity (Wildman–Crippen MR) is 131 cm³/mol. The third-order valence-corrected chi connectivity index (χ3v) is 5.55. The number of ether oxygens (including phenoxy) is 1. The number of aromatic nitrogens is 1. The van der Waals surface area contributed by atoms with Crippen LogP contribution in [0.5, 0.6) is 5.75 Å². The summed E-state index contributed by atoms with van der Waals surface area (Å²) < 4.78 is 11.8. The average Bonchev–Trinajstić information content (AvgIpc) is 3.23. The Hall–Kier alpha value is -3.90. The lowest BCUT2D eigenvalue weighted by molar-refractivity contribution is -0.139. The highest BCUT2D eigenvalue weighted by Gasteiger charge is 2.17. The summed E-state index contributed by atoms with van der Waals surface area (Å²) in [7, 11) is 0. The van der Waals surface area contributed by atoms with Gasteiger partial charge in [-0.05, 0) is 48.7 Å². The van der Waals surface area contributed by atoms with E-state index in [1.54, 1.807) is 0 Å². The highest BCUT2D eigenvalue weighted by molar-refractivity contribution is 5.73. The van der Waals surface area contributed by atoms with E-state index < -0.39 is 12.0 Å². The van der Waals surface area contributed by atoms with E-state index >= 15 is 0 Å². The van der Waals surface area contributed by atoms with Crippen molar-refractivity contribution >= 4 is 5.97 Å². The predicted octanol–water partition coefficient (Wildman–Crippen LogP) is 5.06. The number of aliphatic carboxylic acids is 1. The smallest absolute Gasteiger partial charge is 0.321 e. The molecule has 174 valence electrons. The van der Waals surface area contributed by atoms with Crippen LogP contribution in [-0.4, -0.2) is 28.7 Å². The first kappa shape index (κ1) is 23.3. The van der Waals surface area contributed by atoms with Gasteiger partial charge in [0.2, 0.25) is 5.89 Å². The summed E-state index contributed by atoms with van der Waals surface area (Å²) in [6, 6.07) is 26.5. The second kappa shape index (κ2) is 11.3. The molecule has 1 aromatic heterocycles. The molecule has 0 spiro atoms. The van der Waals surface area contributed by atoms with Gasteiger partial charge >= 0.3 is 5.97 Å². The first-order chi connectivity index (χ1) is 16.6. The van der Waals surface area contributed by atoms with Crippen molar-refractivity contribution < 1.29 is 19.1 Å². The molecule has 0 aliphatic heterocycles. The molecule has 0 aliphatic carbocycles. The first-order valence-corrected chi connectivity index (χ1v) is 11.3. The van der Waals surface area contributed by atoms with Crippen molar-refractivity contribution in [3.63, 3.8) is 0 Å². The topological polar surface area (TPSA) is 84.6 Å². The summed E-state index contributed by atoms with van der Waals surface area (Å²) in [6.45, 7) is 2.81. The van der Waals surface area contributed by atoms with Crippen LogP contribution in [-0.2, 0) is 24.2 Å². The highest BCUT2D eigenvalue weighted by Crippen LogP contribution is 2.22. The molecule has 0 saturated heterocycles. The van der Waals surface area contributed by atoms with Crippen molar-refractivity contribution in [2.45, 2.75) is 32.4 Å². The normalized spacial score (nSPS) is 11.8. The number of nitrogens with one attached hydrogen (secondary N) is 1. The molecule has 4 rings (SSSR count).